The van der Waals surface area contributed by atoms with E-state index in [1.807, 2.05) is 6.92 Å². The highest BCUT2D eigenvalue weighted by molar-refractivity contribution is 5.83. The van der Waals surface area contributed by atoms with Crippen LogP contribution in [-0.4, -0.2) is 42.0 Å². The lowest BCUT2D eigenvalue weighted by atomic mass is 9.96. The van der Waals surface area contributed by atoms with E-state index in [0.717, 1.165) is 6.42 Å². The summed E-state index contributed by atoms with van der Waals surface area (Å²) < 4.78 is 10.2. The minimum Gasteiger partial charge on any atom is -0.507 e. The second kappa shape index (κ2) is 8.92. The van der Waals surface area contributed by atoms with Gasteiger partial charge in [0.1, 0.15) is 24.5 Å². The number of phenolic OH excluding ortho intramolecular Hbond substituents is 1. The fourth-order valence-electron chi connectivity index (χ4n) is 2.07. The average molecular weight is 321 g/mol. The summed E-state index contributed by atoms with van der Waals surface area (Å²) in [7, 11) is 0. The molecule has 0 aliphatic heterocycles. The summed E-state index contributed by atoms with van der Waals surface area (Å²) in [6.45, 7) is 4.61. The van der Waals surface area contributed by atoms with Gasteiger partial charge in [-0.25, -0.2) is 0 Å². The molecule has 6 nitrogen and oxygen atoms in total. The summed E-state index contributed by atoms with van der Waals surface area (Å²) in [4.78, 5) is 26.8. The largest absolute Gasteiger partial charge is 0.507 e. The van der Waals surface area contributed by atoms with Crippen molar-refractivity contribution in [1.29, 1.82) is 0 Å². The predicted molar refractivity (Wildman–Crippen MR) is 86.6 cm³/mol. The van der Waals surface area contributed by atoms with Gasteiger partial charge in [0.25, 0.3) is 0 Å². The maximum Gasteiger partial charge on any atom is 0.302 e. The standard InChI is InChI=1S/C17H23NO5/c1-4-9-17(11-22-13(2)19,12-23-14(3)20)18-10-15-7-5-6-8-16(15)21/h5-8,10,21H,4,9,11-12H2,1-3H3. The molecule has 1 rings (SSSR count). The van der Waals surface area contributed by atoms with Gasteiger partial charge in [0.2, 0.25) is 0 Å². The van der Waals surface area contributed by atoms with Crippen LogP contribution in [0.3, 0.4) is 0 Å². The molecule has 1 aromatic rings. The van der Waals surface area contributed by atoms with Crippen LogP contribution in [0.2, 0.25) is 0 Å². The van der Waals surface area contributed by atoms with Crippen molar-refractivity contribution in [2.45, 2.75) is 39.2 Å². The van der Waals surface area contributed by atoms with E-state index in [0.29, 0.717) is 12.0 Å². The zero-order valence-electron chi connectivity index (χ0n) is 13.7. The number of aliphatic imine (C=N–C) groups is 1. The third-order valence-electron chi connectivity index (χ3n) is 3.22. The molecule has 1 N–H and O–H groups in total. The van der Waals surface area contributed by atoms with E-state index in [-0.39, 0.29) is 19.0 Å². The van der Waals surface area contributed by atoms with Crippen molar-refractivity contribution < 1.29 is 24.2 Å². The van der Waals surface area contributed by atoms with Gasteiger partial charge in [-0.05, 0) is 18.6 Å². The van der Waals surface area contributed by atoms with Crippen LogP contribution in [0.1, 0.15) is 39.2 Å². The Kier molecular flexibility index (Phi) is 7.25. The number of ether oxygens (including phenoxy) is 2. The van der Waals surface area contributed by atoms with Crippen LogP contribution in [0, 0.1) is 0 Å². The van der Waals surface area contributed by atoms with E-state index in [1.165, 1.54) is 20.1 Å². The van der Waals surface area contributed by atoms with Gasteiger partial charge in [-0.1, -0.05) is 25.5 Å². The van der Waals surface area contributed by atoms with Crippen molar-refractivity contribution in [3.63, 3.8) is 0 Å². The number of benzene rings is 1. The Morgan fingerprint density at radius 3 is 2.22 bits per heavy atom. The molecule has 23 heavy (non-hydrogen) atoms. The maximum absolute atomic E-state index is 11.1. The highest BCUT2D eigenvalue weighted by Crippen LogP contribution is 2.22. The monoisotopic (exact) mass is 321 g/mol. The van der Waals surface area contributed by atoms with E-state index >= 15 is 0 Å². The number of hydrogen-bond donors (Lipinski definition) is 1. The first-order chi connectivity index (χ1) is 10.9. The first-order valence-electron chi connectivity index (χ1n) is 7.48. The molecule has 126 valence electrons. The Morgan fingerprint density at radius 2 is 1.74 bits per heavy atom. The lowest BCUT2D eigenvalue weighted by Crippen LogP contribution is -2.39. The SMILES string of the molecule is CCCC(COC(C)=O)(COC(C)=O)N=Cc1ccccc1O. The minimum atomic E-state index is -0.867. The van der Waals surface area contributed by atoms with E-state index in [1.54, 1.807) is 24.3 Å². The van der Waals surface area contributed by atoms with E-state index in [9.17, 15) is 14.7 Å². The molecule has 0 atom stereocenters. The van der Waals surface area contributed by atoms with Crippen molar-refractivity contribution in [3.8, 4) is 5.75 Å². The van der Waals surface area contributed by atoms with Gasteiger partial charge in [-0.15, -0.1) is 0 Å². The van der Waals surface area contributed by atoms with Gasteiger partial charge in [0.05, 0.1) is 0 Å². The van der Waals surface area contributed by atoms with E-state index in [2.05, 4.69) is 4.99 Å². The first-order valence-corrected chi connectivity index (χ1v) is 7.48. The van der Waals surface area contributed by atoms with E-state index in [4.69, 9.17) is 9.47 Å². The second-order valence-electron chi connectivity index (χ2n) is 5.35. The number of aromatic hydroxyl groups is 1. The molecule has 0 saturated carbocycles. The Morgan fingerprint density at radius 1 is 1.17 bits per heavy atom. The van der Waals surface area contributed by atoms with Gasteiger partial charge >= 0.3 is 11.9 Å². The Balaban J connectivity index is 3.05. The average Bonchev–Trinajstić information content (AvgIpc) is 2.50. The van der Waals surface area contributed by atoms with Crippen LogP contribution in [0.5, 0.6) is 5.75 Å². The van der Waals surface area contributed by atoms with Crippen LogP contribution in [0.15, 0.2) is 29.3 Å². The molecule has 0 bridgehead atoms. The number of phenols is 1. The number of carbonyl (C=O) groups excluding carboxylic acids is 2. The van der Waals surface area contributed by atoms with Gasteiger partial charge in [0.15, 0.2) is 0 Å². The number of esters is 2. The molecule has 0 heterocycles. The molecule has 0 amide bonds. The molecule has 0 unspecified atom stereocenters. The molecule has 0 spiro atoms. The quantitative estimate of drug-likeness (QED) is 0.587. The summed E-state index contributed by atoms with van der Waals surface area (Å²) in [5, 5.41) is 9.81. The molecule has 0 aromatic heterocycles. The van der Waals surface area contributed by atoms with E-state index < -0.39 is 17.5 Å². The minimum absolute atomic E-state index is 0.00749. The van der Waals surface area contributed by atoms with Gasteiger partial charge < -0.3 is 14.6 Å². The summed E-state index contributed by atoms with van der Waals surface area (Å²) in [6.07, 6.45) is 2.84. The highest BCUT2D eigenvalue weighted by atomic mass is 16.5. The number of nitrogens with zero attached hydrogens (tertiary/aromatic N) is 1. The summed E-state index contributed by atoms with van der Waals surface area (Å²) in [5.74, 6) is -0.751. The third kappa shape index (κ3) is 6.50. The van der Waals surface area contributed by atoms with Crippen LogP contribution in [-0.2, 0) is 19.1 Å². The molecule has 0 aliphatic carbocycles. The number of carbonyl (C=O) groups is 2. The Bertz CT molecular complexity index is 550. The molecule has 0 radical (unpaired) electrons. The predicted octanol–water partition coefficient (Wildman–Crippen LogP) is 2.48. The van der Waals surface area contributed by atoms with Crippen molar-refractivity contribution in [2.24, 2.45) is 4.99 Å². The lowest BCUT2D eigenvalue weighted by Gasteiger charge is -2.28. The van der Waals surface area contributed by atoms with Crippen LogP contribution in [0.4, 0.5) is 0 Å². The molecule has 1 aromatic carbocycles. The van der Waals surface area contributed by atoms with Gasteiger partial charge in [0, 0.05) is 25.6 Å². The topological polar surface area (TPSA) is 85.2 Å². The molecular weight excluding hydrogens is 298 g/mol. The Labute approximate surface area is 136 Å². The van der Waals surface area contributed by atoms with Crippen molar-refractivity contribution >= 4 is 18.2 Å². The zero-order valence-corrected chi connectivity index (χ0v) is 13.7. The smallest absolute Gasteiger partial charge is 0.302 e. The highest BCUT2D eigenvalue weighted by Gasteiger charge is 2.31. The normalized spacial score (nSPS) is 11.4. The third-order valence-corrected chi connectivity index (χ3v) is 3.22. The number of hydrogen-bond acceptors (Lipinski definition) is 6. The maximum atomic E-state index is 11.1. The number of para-hydroxylation sites is 1. The molecule has 0 saturated heterocycles. The fraction of sp³-hybridized carbons (Fsp3) is 0.471. The summed E-state index contributed by atoms with van der Waals surface area (Å²) in [5.41, 5.74) is -0.326. The van der Waals surface area contributed by atoms with Crippen molar-refractivity contribution in [3.05, 3.63) is 29.8 Å². The van der Waals surface area contributed by atoms with Crippen LogP contribution in [0.25, 0.3) is 0 Å². The number of rotatable bonds is 8. The summed E-state index contributed by atoms with van der Waals surface area (Å²) >= 11 is 0. The zero-order chi connectivity index (χ0) is 17.3. The van der Waals surface area contributed by atoms with Gasteiger partial charge in [-0.3, -0.25) is 14.6 Å². The molecule has 6 heteroatoms. The molecule has 0 fully saturated rings. The second-order valence-corrected chi connectivity index (χ2v) is 5.35. The summed E-state index contributed by atoms with van der Waals surface area (Å²) in [6, 6.07) is 6.76. The first kappa shape index (κ1) is 18.7. The van der Waals surface area contributed by atoms with Crippen LogP contribution < -0.4 is 0 Å². The lowest BCUT2D eigenvalue weighted by molar-refractivity contribution is -0.147. The fourth-order valence-corrected chi connectivity index (χ4v) is 2.07. The van der Waals surface area contributed by atoms with Crippen molar-refractivity contribution in [2.75, 3.05) is 13.2 Å². The van der Waals surface area contributed by atoms with Crippen LogP contribution >= 0.6 is 0 Å². The molecule has 0 aliphatic rings. The Hall–Kier alpha value is -2.37. The van der Waals surface area contributed by atoms with Gasteiger partial charge in [-0.2, -0.15) is 0 Å². The van der Waals surface area contributed by atoms with Crippen molar-refractivity contribution in [1.82, 2.24) is 0 Å². The molecular formula is C17H23NO5.